The second kappa shape index (κ2) is 6.58. The van der Waals surface area contributed by atoms with Gasteiger partial charge >= 0.3 is 6.09 Å². The van der Waals surface area contributed by atoms with Crippen LogP contribution in [0.1, 0.15) is 25.5 Å². The van der Waals surface area contributed by atoms with Crippen LogP contribution in [0, 0.1) is 11.3 Å². The van der Waals surface area contributed by atoms with Gasteiger partial charge in [-0.1, -0.05) is 0 Å². The molecule has 1 aliphatic rings. The average molecular weight is 326 g/mol. The van der Waals surface area contributed by atoms with Crippen LogP contribution >= 0.6 is 0 Å². The van der Waals surface area contributed by atoms with Gasteiger partial charge in [-0.3, -0.25) is 0 Å². The zero-order chi connectivity index (χ0) is 17.1. The summed E-state index contributed by atoms with van der Waals surface area (Å²) in [5.74, 6) is 1.38. The van der Waals surface area contributed by atoms with E-state index in [1.165, 1.54) is 0 Å². The van der Waals surface area contributed by atoms with Gasteiger partial charge in [-0.2, -0.15) is 5.26 Å². The second-order valence-electron chi connectivity index (χ2n) is 5.75. The maximum atomic E-state index is 10.6. The maximum absolute atomic E-state index is 10.6. The van der Waals surface area contributed by atoms with E-state index < -0.39 is 6.09 Å². The van der Waals surface area contributed by atoms with E-state index in [-0.39, 0.29) is 12.1 Å². The molecule has 0 bridgehead atoms. The Balaban J connectivity index is 1.77. The minimum absolute atomic E-state index is 0.00220. The zero-order valence-electron chi connectivity index (χ0n) is 13.2. The molecule has 124 valence electrons. The van der Waals surface area contributed by atoms with Crippen molar-refractivity contribution in [3.8, 4) is 6.07 Å². The molecule has 0 aromatic carbocycles. The summed E-state index contributed by atoms with van der Waals surface area (Å²) < 4.78 is 0. The molecule has 1 aliphatic carbocycles. The van der Waals surface area contributed by atoms with Gasteiger partial charge in [-0.15, -0.1) is 0 Å². The molecule has 0 unspecified atom stereocenters. The second-order valence-corrected chi connectivity index (χ2v) is 5.75. The number of fused-ring (bicyclic) bond motifs is 1. The molecule has 1 saturated carbocycles. The molecule has 0 aliphatic heterocycles. The van der Waals surface area contributed by atoms with Crippen LogP contribution in [-0.2, 0) is 0 Å². The van der Waals surface area contributed by atoms with Crippen LogP contribution < -0.4 is 16.0 Å². The topological polar surface area (TPSA) is 123 Å². The van der Waals surface area contributed by atoms with Gasteiger partial charge in [0.15, 0.2) is 0 Å². The summed E-state index contributed by atoms with van der Waals surface area (Å²) in [6, 6.07) is 5.86. The molecule has 1 amide bonds. The molecule has 24 heavy (non-hydrogen) atoms. The molecule has 1 fully saturated rings. The number of nitrogens with zero attached hydrogens (tertiary/aromatic N) is 3. The number of nitrogens with one attached hydrogen (secondary N) is 3. The lowest BCUT2D eigenvalue weighted by atomic mass is 9.87. The van der Waals surface area contributed by atoms with Gasteiger partial charge < -0.3 is 21.1 Å². The summed E-state index contributed by atoms with van der Waals surface area (Å²) in [6.45, 7) is 2.67. The van der Waals surface area contributed by atoms with Gasteiger partial charge in [0.1, 0.15) is 23.4 Å². The van der Waals surface area contributed by atoms with Crippen LogP contribution in [0.4, 0.5) is 16.4 Å². The first-order valence-electron chi connectivity index (χ1n) is 7.79. The minimum atomic E-state index is -0.989. The highest BCUT2D eigenvalue weighted by molar-refractivity contribution is 5.93. The summed E-state index contributed by atoms with van der Waals surface area (Å²) >= 11 is 0. The minimum Gasteiger partial charge on any atom is -0.465 e. The Morgan fingerprint density at radius 1 is 1.42 bits per heavy atom. The van der Waals surface area contributed by atoms with Gasteiger partial charge in [0.2, 0.25) is 0 Å². The number of nitriles is 1. The Morgan fingerprint density at radius 3 is 2.88 bits per heavy atom. The molecule has 8 nitrogen and oxygen atoms in total. The van der Waals surface area contributed by atoms with Crippen LogP contribution in [-0.4, -0.2) is 39.8 Å². The van der Waals surface area contributed by atoms with Crippen molar-refractivity contribution >= 4 is 28.5 Å². The van der Waals surface area contributed by atoms with Gasteiger partial charge in [0.05, 0.1) is 0 Å². The van der Waals surface area contributed by atoms with Crippen LogP contribution in [0.3, 0.4) is 0 Å². The summed E-state index contributed by atoms with van der Waals surface area (Å²) in [5, 5.41) is 28.4. The molecule has 4 N–H and O–H groups in total. The standard InChI is InChI=1S/C16H18N6O2/c1-2-18-15-13-6-14(19-8-9(13)3-12(7-17)21-15)20-10-4-11(5-10)22-16(23)24/h3,6,8,10-11,22H,2,4-5H2,1H3,(H,18,21)(H,19,20)(H,23,24)/t10-,11-. The molecular formula is C16H18N6O2. The number of amides is 1. The lowest BCUT2D eigenvalue weighted by Gasteiger charge is -2.35. The molecule has 0 radical (unpaired) electrons. The van der Waals surface area contributed by atoms with Crippen molar-refractivity contribution in [2.45, 2.75) is 31.8 Å². The first-order chi connectivity index (χ1) is 11.6. The molecule has 0 saturated heterocycles. The Hall–Kier alpha value is -3.08. The average Bonchev–Trinajstić information content (AvgIpc) is 2.52. The van der Waals surface area contributed by atoms with E-state index in [1.54, 1.807) is 12.3 Å². The van der Waals surface area contributed by atoms with Crippen LogP contribution in [0.2, 0.25) is 0 Å². The predicted molar refractivity (Wildman–Crippen MR) is 90.0 cm³/mol. The van der Waals surface area contributed by atoms with Gasteiger partial charge in [-0.25, -0.2) is 14.8 Å². The maximum Gasteiger partial charge on any atom is 0.404 e. The van der Waals surface area contributed by atoms with E-state index in [4.69, 9.17) is 10.4 Å². The molecular weight excluding hydrogens is 308 g/mol. The van der Waals surface area contributed by atoms with Crippen molar-refractivity contribution in [3.05, 3.63) is 24.0 Å². The van der Waals surface area contributed by atoms with Gasteiger partial charge in [0.25, 0.3) is 0 Å². The Morgan fingerprint density at radius 2 is 2.21 bits per heavy atom. The molecule has 0 atom stereocenters. The molecule has 2 aromatic rings. The highest BCUT2D eigenvalue weighted by Crippen LogP contribution is 2.27. The number of anilines is 2. The van der Waals surface area contributed by atoms with Crippen LogP contribution in [0.5, 0.6) is 0 Å². The fraction of sp³-hybridized carbons (Fsp3) is 0.375. The Bertz CT molecular complexity index is 810. The summed E-state index contributed by atoms with van der Waals surface area (Å²) in [7, 11) is 0. The number of rotatable bonds is 5. The van der Waals surface area contributed by atoms with Crippen molar-refractivity contribution in [2.75, 3.05) is 17.2 Å². The number of hydrogen-bond donors (Lipinski definition) is 4. The normalized spacial score (nSPS) is 19.2. The molecule has 2 aromatic heterocycles. The first kappa shape index (κ1) is 15.8. The molecule has 8 heteroatoms. The number of carbonyl (C=O) groups is 1. The van der Waals surface area contributed by atoms with Gasteiger partial charge in [-0.05, 0) is 31.9 Å². The zero-order valence-corrected chi connectivity index (χ0v) is 13.2. The lowest BCUT2D eigenvalue weighted by molar-refractivity contribution is 0.180. The fourth-order valence-electron chi connectivity index (χ4n) is 2.82. The number of hydrogen-bond acceptors (Lipinski definition) is 6. The third-order valence-corrected chi connectivity index (χ3v) is 3.99. The third kappa shape index (κ3) is 3.30. The van der Waals surface area contributed by atoms with Crippen molar-refractivity contribution < 1.29 is 9.90 Å². The number of aromatic nitrogens is 2. The molecule has 0 spiro atoms. The van der Waals surface area contributed by atoms with E-state index in [9.17, 15) is 4.79 Å². The van der Waals surface area contributed by atoms with E-state index >= 15 is 0 Å². The third-order valence-electron chi connectivity index (χ3n) is 3.99. The summed E-state index contributed by atoms with van der Waals surface area (Å²) in [4.78, 5) is 19.3. The summed E-state index contributed by atoms with van der Waals surface area (Å²) in [5.41, 5.74) is 0.350. The van der Waals surface area contributed by atoms with Crippen LogP contribution in [0.15, 0.2) is 18.3 Å². The van der Waals surface area contributed by atoms with Gasteiger partial charge in [0, 0.05) is 35.6 Å². The van der Waals surface area contributed by atoms with Crippen molar-refractivity contribution in [1.29, 1.82) is 5.26 Å². The van der Waals surface area contributed by atoms with Crippen molar-refractivity contribution in [2.24, 2.45) is 0 Å². The largest absolute Gasteiger partial charge is 0.465 e. The highest BCUT2D eigenvalue weighted by Gasteiger charge is 2.30. The fourth-order valence-corrected chi connectivity index (χ4v) is 2.82. The molecule has 3 rings (SSSR count). The van der Waals surface area contributed by atoms with E-state index in [0.717, 1.165) is 23.6 Å². The smallest absolute Gasteiger partial charge is 0.404 e. The van der Waals surface area contributed by atoms with E-state index in [2.05, 4.69) is 32.0 Å². The predicted octanol–water partition coefficient (Wildman–Crippen LogP) is 2.14. The molecule has 2 heterocycles. The monoisotopic (exact) mass is 326 g/mol. The van der Waals surface area contributed by atoms with E-state index in [1.807, 2.05) is 13.0 Å². The number of carboxylic acid groups (broad SMARTS) is 1. The van der Waals surface area contributed by atoms with Crippen molar-refractivity contribution in [3.63, 3.8) is 0 Å². The van der Waals surface area contributed by atoms with E-state index in [0.29, 0.717) is 23.9 Å². The lowest BCUT2D eigenvalue weighted by Crippen LogP contribution is -2.49. The first-order valence-corrected chi connectivity index (χ1v) is 7.79. The quantitative estimate of drug-likeness (QED) is 0.663. The van der Waals surface area contributed by atoms with Crippen LogP contribution in [0.25, 0.3) is 10.8 Å². The Labute approximate surface area is 138 Å². The summed E-state index contributed by atoms with van der Waals surface area (Å²) in [6.07, 6.45) is 2.19. The Kier molecular flexibility index (Phi) is 4.33. The number of pyridine rings is 2. The SMILES string of the molecule is CCNc1nc(C#N)cc2cnc(N[C@H]3C[C@H](NC(=O)O)C3)cc12. The highest BCUT2D eigenvalue weighted by atomic mass is 16.4. The van der Waals surface area contributed by atoms with Crippen molar-refractivity contribution in [1.82, 2.24) is 15.3 Å².